The topological polar surface area (TPSA) is 55.2 Å². The maximum Gasteiger partial charge on any atom is 0.168 e. The molecule has 0 fully saturated rings. The summed E-state index contributed by atoms with van der Waals surface area (Å²) in [4.78, 5) is 3.24. The monoisotopic (exact) mass is 368 g/mol. The van der Waals surface area contributed by atoms with Gasteiger partial charge in [0.15, 0.2) is 11.5 Å². The Bertz CT molecular complexity index is 1270. The summed E-state index contributed by atoms with van der Waals surface area (Å²) >= 11 is 0. The molecular formula is C23H20N4O. The number of nitrogens with zero attached hydrogens (tertiary/aromatic N) is 3. The van der Waals surface area contributed by atoms with Gasteiger partial charge in [0.2, 0.25) is 0 Å². The van der Waals surface area contributed by atoms with Gasteiger partial charge in [-0.2, -0.15) is 0 Å². The number of H-pyrrole nitrogens is 1. The number of hydrogen-bond acceptors (Lipinski definition) is 3. The van der Waals surface area contributed by atoms with Crippen molar-refractivity contribution in [3.63, 3.8) is 0 Å². The largest absolute Gasteiger partial charge is 0.491 e. The molecule has 5 heteroatoms. The molecule has 28 heavy (non-hydrogen) atoms. The van der Waals surface area contributed by atoms with Crippen molar-refractivity contribution in [2.75, 3.05) is 0 Å². The number of rotatable bonds is 4. The van der Waals surface area contributed by atoms with E-state index in [-0.39, 0.29) is 6.10 Å². The second-order valence-corrected chi connectivity index (χ2v) is 7.14. The van der Waals surface area contributed by atoms with E-state index >= 15 is 0 Å². The summed E-state index contributed by atoms with van der Waals surface area (Å²) in [6.45, 7) is 4.04. The molecular weight excluding hydrogens is 348 g/mol. The van der Waals surface area contributed by atoms with Crippen LogP contribution >= 0.6 is 0 Å². The van der Waals surface area contributed by atoms with Crippen molar-refractivity contribution in [1.29, 1.82) is 0 Å². The van der Waals surface area contributed by atoms with Crippen molar-refractivity contribution < 1.29 is 4.74 Å². The van der Waals surface area contributed by atoms with E-state index in [0.717, 1.165) is 39.4 Å². The average Bonchev–Trinajstić information content (AvgIpc) is 3.34. The van der Waals surface area contributed by atoms with Gasteiger partial charge in [0.05, 0.1) is 6.10 Å². The first-order valence-electron chi connectivity index (χ1n) is 9.37. The lowest BCUT2D eigenvalue weighted by Gasteiger charge is -2.10. The Kier molecular flexibility index (Phi) is 3.86. The Hall–Kier alpha value is -3.60. The summed E-state index contributed by atoms with van der Waals surface area (Å²) in [5.74, 6) is 1.67. The highest BCUT2D eigenvalue weighted by atomic mass is 16.5. The molecule has 2 aromatic carbocycles. The molecule has 5 rings (SSSR count). The van der Waals surface area contributed by atoms with Crippen LogP contribution in [0.4, 0.5) is 0 Å². The van der Waals surface area contributed by atoms with Crippen LogP contribution in [0, 0.1) is 0 Å². The predicted molar refractivity (Wildman–Crippen MR) is 111 cm³/mol. The van der Waals surface area contributed by atoms with Gasteiger partial charge < -0.3 is 9.72 Å². The van der Waals surface area contributed by atoms with Crippen LogP contribution in [-0.2, 0) is 0 Å². The van der Waals surface area contributed by atoms with Gasteiger partial charge in [-0.1, -0.05) is 6.07 Å². The van der Waals surface area contributed by atoms with Gasteiger partial charge in [0, 0.05) is 23.5 Å². The van der Waals surface area contributed by atoms with Gasteiger partial charge in [0.25, 0.3) is 0 Å². The van der Waals surface area contributed by atoms with E-state index in [2.05, 4.69) is 51.7 Å². The lowest BCUT2D eigenvalue weighted by atomic mass is 10.1. The normalized spacial score (nSPS) is 11.5. The molecule has 1 N–H and O–H groups in total. The van der Waals surface area contributed by atoms with Crippen LogP contribution in [0.3, 0.4) is 0 Å². The van der Waals surface area contributed by atoms with Gasteiger partial charge in [0.1, 0.15) is 5.75 Å². The third kappa shape index (κ3) is 2.91. The number of ether oxygens (including phenoxy) is 1. The maximum absolute atomic E-state index is 5.73. The van der Waals surface area contributed by atoms with E-state index < -0.39 is 0 Å². The lowest BCUT2D eigenvalue weighted by molar-refractivity contribution is 0.242. The Balaban J connectivity index is 1.56. The number of fused-ring (bicyclic) bond motifs is 2. The second kappa shape index (κ2) is 6.53. The third-order valence-electron chi connectivity index (χ3n) is 4.77. The van der Waals surface area contributed by atoms with Crippen LogP contribution in [-0.4, -0.2) is 25.7 Å². The van der Waals surface area contributed by atoms with E-state index in [0.29, 0.717) is 0 Å². The quantitative estimate of drug-likeness (QED) is 0.466. The summed E-state index contributed by atoms with van der Waals surface area (Å²) in [5.41, 5.74) is 5.25. The molecule has 3 aromatic heterocycles. The van der Waals surface area contributed by atoms with E-state index in [9.17, 15) is 0 Å². The Morgan fingerprint density at radius 1 is 0.857 bits per heavy atom. The molecule has 0 unspecified atom stereocenters. The first-order chi connectivity index (χ1) is 13.7. The fraction of sp³-hybridized carbons (Fsp3) is 0.130. The van der Waals surface area contributed by atoms with Crippen molar-refractivity contribution in [1.82, 2.24) is 19.6 Å². The Labute approximate surface area is 162 Å². The van der Waals surface area contributed by atoms with Gasteiger partial charge in [-0.25, -0.2) is 0 Å². The minimum atomic E-state index is 0.152. The van der Waals surface area contributed by atoms with Crippen molar-refractivity contribution in [3.8, 4) is 28.3 Å². The van der Waals surface area contributed by atoms with Crippen molar-refractivity contribution in [3.05, 3.63) is 73.1 Å². The van der Waals surface area contributed by atoms with Gasteiger partial charge >= 0.3 is 0 Å². The summed E-state index contributed by atoms with van der Waals surface area (Å²) in [7, 11) is 0. The summed E-state index contributed by atoms with van der Waals surface area (Å²) < 4.78 is 7.77. The van der Waals surface area contributed by atoms with Gasteiger partial charge in [-0.05, 0) is 85.0 Å². The second-order valence-electron chi connectivity index (χ2n) is 7.14. The number of aromatic amines is 1. The molecule has 0 amide bonds. The van der Waals surface area contributed by atoms with Crippen molar-refractivity contribution >= 4 is 16.6 Å². The summed E-state index contributed by atoms with van der Waals surface area (Å²) in [6, 6.07) is 20.6. The van der Waals surface area contributed by atoms with Crippen molar-refractivity contribution in [2.24, 2.45) is 0 Å². The van der Waals surface area contributed by atoms with Crippen molar-refractivity contribution in [2.45, 2.75) is 20.0 Å². The highest BCUT2D eigenvalue weighted by Gasteiger charge is 2.10. The number of pyridine rings is 1. The minimum Gasteiger partial charge on any atom is -0.491 e. The molecule has 0 atom stereocenters. The summed E-state index contributed by atoms with van der Waals surface area (Å²) in [6.07, 6.45) is 4.21. The molecule has 0 aliphatic heterocycles. The average molecular weight is 368 g/mol. The van der Waals surface area contributed by atoms with Crippen LogP contribution in [0.15, 0.2) is 73.1 Å². The molecule has 138 valence electrons. The molecule has 5 nitrogen and oxygen atoms in total. The van der Waals surface area contributed by atoms with Gasteiger partial charge in [-0.3, -0.25) is 4.40 Å². The van der Waals surface area contributed by atoms with Gasteiger partial charge in [-0.15, -0.1) is 10.2 Å². The smallest absolute Gasteiger partial charge is 0.168 e. The fourth-order valence-electron chi connectivity index (χ4n) is 3.45. The fourth-order valence-corrected chi connectivity index (χ4v) is 3.45. The molecule has 3 heterocycles. The number of aromatic nitrogens is 4. The number of nitrogens with one attached hydrogen (secondary N) is 1. The van der Waals surface area contributed by atoms with Crippen LogP contribution in [0.2, 0.25) is 0 Å². The SMILES string of the molecule is CC(C)Oc1ccc(-c2nnc3ccc(-c4ccc5[nH]ccc5c4)cn23)cc1. The zero-order valence-electron chi connectivity index (χ0n) is 15.8. The standard InChI is InChI=1S/C23H20N4O/c1-15(2)28-20-7-3-16(4-8-20)23-26-25-22-10-6-19(14-27(22)23)17-5-9-21-18(13-17)11-12-24-21/h3-15,24H,1-2H3. The molecule has 0 aliphatic rings. The Morgan fingerprint density at radius 2 is 1.64 bits per heavy atom. The van der Waals surface area contributed by atoms with E-state index in [1.807, 2.05) is 54.8 Å². The summed E-state index contributed by atoms with van der Waals surface area (Å²) in [5, 5.41) is 9.92. The maximum atomic E-state index is 5.73. The molecule has 0 spiro atoms. The highest BCUT2D eigenvalue weighted by molar-refractivity contribution is 5.85. The zero-order chi connectivity index (χ0) is 19.1. The lowest BCUT2D eigenvalue weighted by Crippen LogP contribution is -2.05. The minimum absolute atomic E-state index is 0.152. The first-order valence-corrected chi connectivity index (χ1v) is 9.37. The molecule has 0 aliphatic carbocycles. The van der Waals surface area contributed by atoms with E-state index in [1.165, 1.54) is 5.39 Å². The van der Waals surface area contributed by atoms with E-state index in [4.69, 9.17) is 4.74 Å². The highest BCUT2D eigenvalue weighted by Crippen LogP contribution is 2.27. The zero-order valence-corrected chi connectivity index (χ0v) is 15.8. The van der Waals surface area contributed by atoms with Crippen LogP contribution in [0.5, 0.6) is 5.75 Å². The number of hydrogen-bond donors (Lipinski definition) is 1. The first kappa shape index (κ1) is 16.6. The molecule has 5 aromatic rings. The van der Waals surface area contributed by atoms with Crippen LogP contribution in [0.25, 0.3) is 39.1 Å². The van der Waals surface area contributed by atoms with Crippen LogP contribution in [0.1, 0.15) is 13.8 Å². The third-order valence-corrected chi connectivity index (χ3v) is 4.77. The number of benzene rings is 2. The molecule has 0 radical (unpaired) electrons. The van der Waals surface area contributed by atoms with E-state index in [1.54, 1.807) is 0 Å². The molecule has 0 bridgehead atoms. The predicted octanol–water partition coefficient (Wildman–Crippen LogP) is 5.33. The molecule has 0 saturated heterocycles. The molecule has 0 saturated carbocycles. The Morgan fingerprint density at radius 3 is 2.46 bits per heavy atom. The van der Waals surface area contributed by atoms with Crippen LogP contribution < -0.4 is 4.74 Å².